The lowest BCUT2D eigenvalue weighted by atomic mass is 9.77. The van der Waals surface area contributed by atoms with Crippen molar-refractivity contribution < 1.29 is 5.11 Å². The lowest BCUT2D eigenvalue weighted by molar-refractivity contribution is -0.0547. The fourth-order valence-electron chi connectivity index (χ4n) is 2.75. The van der Waals surface area contributed by atoms with E-state index in [0.717, 1.165) is 31.7 Å². The van der Waals surface area contributed by atoms with Crippen molar-refractivity contribution in [2.45, 2.75) is 38.8 Å². The highest BCUT2D eigenvalue weighted by molar-refractivity contribution is 6.31. The molecule has 1 saturated heterocycles. The largest absolute Gasteiger partial charge is 0.383 e. The third-order valence-corrected chi connectivity index (χ3v) is 4.02. The summed E-state index contributed by atoms with van der Waals surface area (Å²) >= 11 is 6.21. The van der Waals surface area contributed by atoms with Crippen molar-refractivity contribution in [2.75, 3.05) is 13.1 Å². The summed E-state index contributed by atoms with van der Waals surface area (Å²) in [6, 6.07) is 0. The van der Waals surface area contributed by atoms with E-state index in [4.69, 9.17) is 11.6 Å². The Labute approximate surface area is 107 Å². The van der Waals surface area contributed by atoms with Gasteiger partial charge in [0.05, 0.1) is 16.9 Å². The minimum absolute atomic E-state index is 0.191. The van der Waals surface area contributed by atoms with Crippen LogP contribution >= 0.6 is 11.6 Å². The van der Waals surface area contributed by atoms with Gasteiger partial charge >= 0.3 is 0 Å². The van der Waals surface area contributed by atoms with Crippen molar-refractivity contribution in [3.63, 3.8) is 0 Å². The molecule has 0 aromatic carbocycles. The minimum atomic E-state index is -0.844. The second-order valence-corrected chi connectivity index (χ2v) is 5.05. The summed E-state index contributed by atoms with van der Waals surface area (Å²) in [5, 5.41) is 19.1. The standard InChI is InChI=1S/C12H20ClN3O/c1-3-9-7-14-6-5-12(9,17)11-10(13)8-15-16(11)4-2/h8-9,14,17H,3-7H2,1-2H3. The predicted molar refractivity (Wildman–Crippen MR) is 68.1 cm³/mol. The van der Waals surface area contributed by atoms with Crippen LogP contribution in [0.3, 0.4) is 0 Å². The van der Waals surface area contributed by atoms with Gasteiger partial charge in [-0.2, -0.15) is 5.10 Å². The first-order valence-corrected chi connectivity index (χ1v) is 6.66. The maximum absolute atomic E-state index is 11.0. The average molecular weight is 258 g/mol. The molecule has 0 amide bonds. The molecular weight excluding hydrogens is 238 g/mol. The zero-order valence-electron chi connectivity index (χ0n) is 10.4. The topological polar surface area (TPSA) is 50.1 Å². The number of hydrogen-bond acceptors (Lipinski definition) is 3. The molecule has 0 spiro atoms. The van der Waals surface area contributed by atoms with Crippen LogP contribution in [0.15, 0.2) is 6.20 Å². The van der Waals surface area contributed by atoms with Crippen molar-refractivity contribution in [2.24, 2.45) is 5.92 Å². The molecule has 1 aliphatic rings. The first-order chi connectivity index (χ1) is 8.13. The van der Waals surface area contributed by atoms with Gasteiger partial charge in [-0.05, 0) is 26.3 Å². The van der Waals surface area contributed by atoms with E-state index >= 15 is 0 Å². The highest BCUT2D eigenvalue weighted by Crippen LogP contribution is 2.40. The number of hydrogen-bond donors (Lipinski definition) is 2. The number of aryl methyl sites for hydroxylation is 1. The Morgan fingerprint density at radius 3 is 3.06 bits per heavy atom. The summed E-state index contributed by atoms with van der Waals surface area (Å²) in [5.41, 5.74) is -0.0566. The van der Waals surface area contributed by atoms with Gasteiger partial charge in [-0.1, -0.05) is 18.5 Å². The molecule has 96 valence electrons. The Hall–Kier alpha value is -0.580. The summed E-state index contributed by atoms with van der Waals surface area (Å²) in [6.45, 7) is 6.49. The van der Waals surface area contributed by atoms with Gasteiger partial charge in [0, 0.05) is 19.0 Å². The number of halogens is 1. The predicted octanol–water partition coefficient (Wildman–Crippen LogP) is 1.76. The number of piperidine rings is 1. The van der Waals surface area contributed by atoms with Gasteiger partial charge in [-0.25, -0.2) is 0 Å². The van der Waals surface area contributed by atoms with Crippen molar-refractivity contribution in [3.8, 4) is 0 Å². The summed E-state index contributed by atoms with van der Waals surface area (Å²) in [7, 11) is 0. The van der Waals surface area contributed by atoms with Crippen LogP contribution in [-0.2, 0) is 12.1 Å². The maximum Gasteiger partial charge on any atom is 0.113 e. The molecule has 1 aromatic rings. The van der Waals surface area contributed by atoms with Crippen LogP contribution in [0.1, 0.15) is 32.4 Å². The Bertz CT molecular complexity index is 393. The number of aliphatic hydroxyl groups is 1. The maximum atomic E-state index is 11.0. The zero-order chi connectivity index (χ0) is 12.5. The molecule has 1 aliphatic heterocycles. The summed E-state index contributed by atoms with van der Waals surface area (Å²) in [6.07, 6.45) is 3.25. The smallest absolute Gasteiger partial charge is 0.113 e. The Balaban J connectivity index is 2.44. The highest BCUT2D eigenvalue weighted by atomic mass is 35.5. The van der Waals surface area contributed by atoms with Gasteiger partial charge in [0.15, 0.2) is 0 Å². The first kappa shape index (κ1) is 12.9. The second-order valence-electron chi connectivity index (χ2n) is 4.64. The number of aromatic nitrogens is 2. The highest BCUT2D eigenvalue weighted by Gasteiger charge is 2.43. The van der Waals surface area contributed by atoms with E-state index in [1.807, 2.05) is 11.6 Å². The van der Waals surface area contributed by atoms with Crippen LogP contribution < -0.4 is 5.32 Å². The molecule has 2 unspecified atom stereocenters. The molecule has 2 heterocycles. The van der Waals surface area contributed by atoms with E-state index in [-0.39, 0.29) is 5.92 Å². The van der Waals surface area contributed by atoms with E-state index < -0.39 is 5.60 Å². The fourth-order valence-corrected chi connectivity index (χ4v) is 3.06. The van der Waals surface area contributed by atoms with Gasteiger partial charge in [-0.15, -0.1) is 0 Å². The van der Waals surface area contributed by atoms with Crippen molar-refractivity contribution in [1.29, 1.82) is 0 Å². The first-order valence-electron chi connectivity index (χ1n) is 6.28. The van der Waals surface area contributed by atoms with Crippen molar-refractivity contribution >= 4 is 11.6 Å². The number of nitrogens with zero attached hydrogens (tertiary/aromatic N) is 2. The molecule has 2 N–H and O–H groups in total. The molecule has 1 aromatic heterocycles. The molecular formula is C12H20ClN3O. The molecule has 2 rings (SSSR count). The minimum Gasteiger partial charge on any atom is -0.383 e. The number of rotatable bonds is 3. The second kappa shape index (κ2) is 4.96. The van der Waals surface area contributed by atoms with Gasteiger partial charge in [-0.3, -0.25) is 4.68 Å². The van der Waals surface area contributed by atoms with E-state index in [2.05, 4.69) is 17.3 Å². The van der Waals surface area contributed by atoms with E-state index in [1.165, 1.54) is 0 Å². The Kier molecular flexibility index (Phi) is 3.76. The van der Waals surface area contributed by atoms with E-state index in [9.17, 15) is 5.11 Å². The molecule has 2 atom stereocenters. The Morgan fingerprint density at radius 2 is 2.41 bits per heavy atom. The fraction of sp³-hybridized carbons (Fsp3) is 0.750. The quantitative estimate of drug-likeness (QED) is 0.868. The normalized spacial score (nSPS) is 29.5. The SMILES string of the molecule is CCC1CNCCC1(O)c1c(Cl)cnn1CC. The van der Waals surface area contributed by atoms with Crippen LogP contribution in [0.25, 0.3) is 0 Å². The third-order valence-electron chi connectivity index (χ3n) is 3.75. The van der Waals surface area contributed by atoms with Gasteiger partial charge < -0.3 is 10.4 Å². The van der Waals surface area contributed by atoms with Crippen LogP contribution in [-0.4, -0.2) is 28.0 Å². The van der Waals surface area contributed by atoms with Crippen LogP contribution in [0.4, 0.5) is 0 Å². The Morgan fingerprint density at radius 1 is 1.65 bits per heavy atom. The summed E-state index contributed by atoms with van der Waals surface area (Å²) in [5.74, 6) is 0.191. The molecule has 17 heavy (non-hydrogen) atoms. The summed E-state index contributed by atoms with van der Waals surface area (Å²) < 4.78 is 1.82. The molecule has 0 saturated carbocycles. The zero-order valence-corrected chi connectivity index (χ0v) is 11.2. The molecule has 0 radical (unpaired) electrons. The third kappa shape index (κ3) is 2.09. The molecule has 0 bridgehead atoms. The van der Waals surface area contributed by atoms with Gasteiger partial charge in [0.2, 0.25) is 0 Å². The molecule has 0 aliphatic carbocycles. The number of nitrogens with one attached hydrogen (secondary N) is 1. The van der Waals surface area contributed by atoms with Crippen LogP contribution in [0.5, 0.6) is 0 Å². The van der Waals surface area contributed by atoms with Crippen LogP contribution in [0, 0.1) is 5.92 Å². The summed E-state index contributed by atoms with van der Waals surface area (Å²) in [4.78, 5) is 0. The monoisotopic (exact) mass is 257 g/mol. The van der Waals surface area contributed by atoms with Crippen molar-refractivity contribution in [1.82, 2.24) is 15.1 Å². The van der Waals surface area contributed by atoms with E-state index in [1.54, 1.807) is 6.20 Å². The molecule has 1 fully saturated rings. The lowest BCUT2D eigenvalue weighted by Gasteiger charge is -2.40. The average Bonchev–Trinajstić information content (AvgIpc) is 2.71. The van der Waals surface area contributed by atoms with E-state index in [0.29, 0.717) is 11.4 Å². The molecule has 5 heteroatoms. The van der Waals surface area contributed by atoms with Crippen LogP contribution in [0.2, 0.25) is 5.02 Å². The molecule has 4 nitrogen and oxygen atoms in total. The van der Waals surface area contributed by atoms with Gasteiger partial charge in [0.1, 0.15) is 5.60 Å². The van der Waals surface area contributed by atoms with Crippen molar-refractivity contribution in [3.05, 3.63) is 16.9 Å². The van der Waals surface area contributed by atoms with Gasteiger partial charge in [0.25, 0.3) is 0 Å². The lowest BCUT2D eigenvalue weighted by Crippen LogP contribution is -2.49.